The molecule has 5 heteroatoms. The third kappa shape index (κ3) is 3.25. The van der Waals surface area contributed by atoms with Gasteiger partial charge in [-0.05, 0) is 37.5 Å². The molecule has 1 aliphatic heterocycles. The van der Waals surface area contributed by atoms with Crippen molar-refractivity contribution in [2.75, 3.05) is 12.3 Å². The molecule has 0 radical (unpaired) electrons. The Bertz CT molecular complexity index is 515. The van der Waals surface area contributed by atoms with Crippen molar-refractivity contribution < 1.29 is 8.42 Å². The maximum atomic E-state index is 11.7. The van der Waals surface area contributed by atoms with Gasteiger partial charge in [-0.1, -0.05) is 23.7 Å². The third-order valence-electron chi connectivity index (χ3n) is 3.46. The smallest absolute Gasteiger partial charge is 0.154 e. The minimum atomic E-state index is -2.86. The van der Waals surface area contributed by atoms with E-state index in [9.17, 15) is 8.42 Å². The molecule has 0 spiro atoms. The fourth-order valence-corrected chi connectivity index (χ4v) is 4.27. The van der Waals surface area contributed by atoms with E-state index in [-0.39, 0.29) is 11.3 Å². The first-order chi connectivity index (χ1) is 8.49. The summed E-state index contributed by atoms with van der Waals surface area (Å²) in [7, 11) is -2.86. The zero-order valence-electron chi connectivity index (χ0n) is 10.4. The number of hydrogen-bond acceptors (Lipinski definition) is 3. The van der Waals surface area contributed by atoms with Gasteiger partial charge in [-0.15, -0.1) is 0 Å². The molecule has 0 saturated carbocycles. The van der Waals surface area contributed by atoms with E-state index in [0.29, 0.717) is 17.3 Å². The maximum Gasteiger partial charge on any atom is 0.154 e. The quantitative estimate of drug-likeness (QED) is 0.926. The first-order valence-corrected chi connectivity index (χ1v) is 8.29. The van der Waals surface area contributed by atoms with Crippen LogP contribution < -0.4 is 5.32 Å². The maximum absolute atomic E-state index is 11.7. The van der Waals surface area contributed by atoms with Crippen LogP contribution in [0.5, 0.6) is 0 Å². The molecule has 2 unspecified atom stereocenters. The Hall–Kier alpha value is -0.580. The summed E-state index contributed by atoms with van der Waals surface area (Å²) in [6, 6.07) is 7.75. The zero-order valence-corrected chi connectivity index (χ0v) is 12.0. The summed E-state index contributed by atoms with van der Waals surface area (Å²) in [4.78, 5) is 0. The van der Waals surface area contributed by atoms with Crippen LogP contribution in [0, 0.1) is 0 Å². The normalized spacial score (nSPS) is 24.0. The summed E-state index contributed by atoms with van der Waals surface area (Å²) in [5.74, 6) is 0.338. The Morgan fingerprint density at radius 2 is 2.28 bits per heavy atom. The molecule has 18 heavy (non-hydrogen) atoms. The SMILES string of the molecule is CC(NCC1CCCS1(=O)=O)c1cccc(Cl)c1. The highest BCUT2D eigenvalue weighted by Crippen LogP contribution is 2.21. The van der Waals surface area contributed by atoms with Crippen molar-refractivity contribution in [3.8, 4) is 0 Å². The Labute approximate surface area is 113 Å². The fourth-order valence-electron chi connectivity index (χ4n) is 2.29. The largest absolute Gasteiger partial charge is 0.309 e. The van der Waals surface area contributed by atoms with E-state index in [1.54, 1.807) is 0 Å². The van der Waals surface area contributed by atoms with Gasteiger partial charge in [0.2, 0.25) is 0 Å². The van der Waals surface area contributed by atoms with Gasteiger partial charge in [0.05, 0.1) is 11.0 Å². The van der Waals surface area contributed by atoms with Gasteiger partial charge in [-0.3, -0.25) is 0 Å². The Balaban J connectivity index is 1.94. The molecule has 2 rings (SSSR count). The van der Waals surface area contributed by atoms with Crippen molar-refractivity contribution in [2.24, 2.45) is 0 Å². The summed E-state index contributed by atoms with van der Waals surface area (Å²) in [5.41, 5.74) is 1.08. The average molecular weight is 288 g/mol. The number of hydrogen-bond donors (Lipinski definition) is 1. The predicted octanol–water partition coefficient (Wildman–Crippen LogP) is 2.57. The standard InChI is InChI=1S/C13H18ClNO2S/c1-10(11-4-2-5-12(14)8-11)15-9-13-6-3-7-18(13,16)17/h2,4-5,8,10,13,15H,3,6-7,9H2,1H3. The molecule has 1 heterocycles. The number of halogens is 1. The van der Waals surface area contributed by atoms with Gasteiger partial charge in [-0.25, -0.2) is 8.42 Å². The van der Waals surface area contributed by atoms with Gasteiger partial charge in [0.1, 0.15) is 0 Å². The second-order valence-electron chi connectivity index (χ2n) is 4.82. The van der Waals surface area contributed by atoms with E-state index in [2.05, 4.69) is 5.32 Å². The van der Waals surface area contributed by atoms with Crippen molar-refractivity contribution in [1.82, 2.24) is 5.32 Å². The molecule has 3 nitrogen and oxygen atoms in total. The average Bonchev–Trinajstić information content (AvgIpc) is 2.65. The summed E-state index contributed by atoms with van der Waals surface area (Å²) < 4.78 is 23.4. The molecule has 2 atom stereocenters. The predicted molar refractivity (Wildman–Crippen MR) is 74.7 cm³/mol. The van der Waals surface area contributed by atoms with Crippen molar-refractivity contribution in [3.63, 3.8) is 0 Å². The van der Waals surface area contributed by atoms with Crippen LogP contribution >= 0.6 is 11.6 Å². The van der Waals surface area contributed by atoms with Crippen LogP contribution in [0.3, 0.4) is 0 Å². The van der Waals surface area contributed by atoms with Crippen molar-refractivity contribution in [3.05, 3.63) is 34.9 Å². The summed E-state index contributed by atoms with van der Waals surface area (Å²) in [6.45, 7) is 2.54. The number of sulfone groups is 1. The molecule has 1 saturated heterocycles. The molecule has 100 valence electrons. The lowest BCUT2D eigenvalue weighted by atomic mass is 10.1. The van der Waals surface area contributed by atoms with E-state index >= 15 is 0 Å². The van der Waals surface area contributed by atoms with Crippen molar-refractivity contribution in [2.45, 2.75) is 31.1 Å². The first-order valence-electron chi connectivity index (χ1n) is 6.19. The zero-order chi connectivity index (χ0) is 13.2. The van der Waals surface area contributed by atoms with E-state index in [1.807, 2.05) is 31.2 Å². The van der Waals surface area contributed by atoms with Gasteiger partial charge in [0.15, 0.2) is 9.84 Å². The molecule has 1 aliphatic rings. The minimum absolute atomic E-state index is 0.111. The molecule has 1 fully saturated rings. The molecular formula is C13H18ClNO2S. The molecule has 1 aromatic rings. The van der Waals surface area contributed by atoms with Gasteiger partial charge >= 0.3 is 0 Å². The lowest BCUT2D eigenvalue weighted by molar-refractivity contribution is 0.538. The first kappa shape index (κ1) is 13.8. The van der Waals surface area contributed by atoms with Gasteiger partial charge < -0.3 is 5.32 Å². The summed E-state index contributed by atoms with van der Waals surface area (Å²) in [6.07, 6.45) is 1.57. The second-order valence-corrected chi connectivity index (χ2v) is 7.65. The molecule has 1 N–H and O–H groups in total. The molecule has 1 aromatic carbocycles. The lowest BCUT2D eigenvalue weighted by Crippen LogP contribution is -2.32. The molecule has 0 aromatic heterocycles. The fraction of sp³-hybridized carbons (Fsp3) is 0.538. The van der Waals surface area contributed by atoms with Crippen LogP contribution in [0.4, 0.5) is 0 Å². The topological polar surface area (TPSA) is 46.2 Å². The molecular weight excluding hydrogens is 270 g/mol. The van der Waals surface area contributed by atoms with Crippen LogP contribution in [0.15, 0.2) is 24.3 Å². The Morgan fingerprint density at radius 3 is 2.89 bits per heavy atom. The molecule has 0 amide bonds. The summed E-state index contributed by atoms with van der Waals surface area (Å²) >= 11 is 5.94. The molecule has 0 aliphatic carbocycles. The van der Waals surface area contributed by atoms with E-state index < -0.39 is 9.84 Å². The van der Waals surface area contributed by atoms with E-state index in [4.69, 9.17) is 11.6 Å². The van der Waals surface area contributed by atoms with Crippen molar-refractivity contribution in [1.29, 1.82) is 0 Å². The van der Waals surface area contributed by atoms with Gasteiger partial charge in [-0.2, -0.15) is 0 Å². The number of benzene rings is 1. The van der Waals surface area contributed by atoms with Crippen LogP contribution in [0.1, 0.15) is 31.4 Å². The monoisotopic (exact) mass is 287 g/mol. The highest BCUT2D eigenvalue weighted by atomic mass is 35.5. The van der Waals surface area contributed by atoms with Crippen molar-refractivity contribution >= 4 is 21.4 Å². The van der Waals surface area contributed by atoms with Gasteiger partial charge in [0.25, 0.3) is 0 Å². The number of rotatable bonds is 4. The third-order valence-corrected chi connectivity index (χ3v) is 5.97. The van der Waals surface area contributed by atoms with Crippen LogP contribution in [-0.2, 0) is 9.84 Å². The Kier molecular flexibility index (Phi) is 4.30. The number of nitrogens with one attached hydrogen (secondary N) is 1. The van der Waals surface area contributed by atoms with Gasteiger partial charge in [0, 0.05) is 17.6 Å². The minimum Gasteiger partial charge on any atom is -0.309 e. The molecule has 0 bridgehead atoms. The second kappa shape index (κ2) is 5.59. The lowest BCUT2D eigenvalue weighted by Gasteiger charge is -2.17. The summed E-state index contributed by atoms with van der Waals surface area (Å²) in [5, 5.41) is 3.77. The van der Waals surface area contributed by atoms with Crippen LogP contribution in [0.25, 0.3) is 0 Å². The van der Waals surface area contributed by atoms with Crippen LogP contribution in [-0.4, -0.2) is 26.0 Å². The highest BCUT2D eigenvalue weighted by Gasteiger charge is 2.31. The van der Waals surface area contributed by atoms with E-state index in [1.165, 1.54) is 0 Å². The Morgan fingerprint density at radius 1 is 1.50 bits per heavy atom. The van der Waals surface area contributed by atoms with Crippen LogP contribution in [0.2, 0.25) is 5.02 Å². The van der Waals surface area contributed by atoms with E-state index in [0.717, 1.165) is 18.4 Å². The highest BCUT2D eigenvalue weighted by molar-refractivity contribution is 7.92.